The van der Waals surface area contributed by atoms with Gasteiger partial charge in [0.25, 0.3) is 0 Å². The summed E-state index contributed by atoms with van der Waals surface area (Å²) in [6.07, 6.45) is 3.92. The Balaban J connectivity index is 1.72. The Bertz CT molecular complexity index is 573. The summed E-state index contributed by atoms with van der Waals surface area (Å²) in [7, 11) is 0. The fraction of sp³-hybridized carbons (Fsp3) is 0.467. The van der Waals surface area contributed by atoms with Gasteiger partial charge in [-0.05, 0) is 25.3 Å². The van der Waals surface area contributed by atoms with Gasteiger partial charge < -0.3 is 10.3 Å². The van der Waals surface area contributed by atoms with Gasteiger partial charge in [0.05, 0.1) is 0 Å². The summed E-state index contributed by atoms with van der Waals surface area (Å²) in [5.41, 5.74) is 8.70. The van der Waals surface area contributed by atoms with Gasteiger partial charge in [-0.3, -0.25) is 0 Å². The van der Waals surface area contributed by atoms with Crippen LogP contribution in [-0.2, 0) is 25.8 Å². The van der Waals surface area contributed by atoms with E-state index in [1.54, 1.807) is 0 Å². The van der Waals surface area contributed by atoms with Crippen molar-refractivity contribution in [1.82, 2.24) is 14.8 Å². The molecule has 0 fully saturated rings. The Morgan fingerprint density at radius 1 is 1.32 bits per heavy atom. The van der Waals surface area contributed by atoms with Crippen molar-refractivity contribution < 1.29 is 0 Å². The van der Waals surface area contributed by atoms with E-state index in [2.05, 4.69) is 46.0 Å². The lowest BCUT2D eigenvalue weighted by molar-refractivity contribution is 0.443. The molecule has 1 atom stereocenters. The zero-order chi connectivity index (χ0) is 13.2. The molecule has 0 amide bonds. The van der Waals surface area contributed by atoms with Crippen molar-refractivity contribution in [3.05, 3.63) is 47.0 Å². The molecule has 1 aromatic carbocycles. The maximum absolute atomic E-state index is 6.03. The highest BCUT2D eigenvalue weighted by atomic mass is 15.3. The van der Waals surface area contributed by atoms with Gasteiger partial charge in [0.2, 0.25) is 0 Å². The molecule has 2 aromatic rings. The minimum Gasteiger partial charge on any atom is -0.326 e. The van der Waals surface area contributed by atoms with Crippen LogP contribution in [0.5, 0.6) is 0 Å². The first-order valence-electron chi connectivity index (χ1n) is 6.94. The Kier molecular flexibility index (Phi) is 3.34. The first-order valence-corrected chi connectivity index (χ1v) is 6.94. The Morgan fingerprint density at radius 2 is 2.21 bits per heavy atom. The summed E-state index contributed by atoms with van der Waals surface area (Å²) in [6.45, 7) is 2.99. The maximum Gasteiger partial charge on any atom is 0.133 e. The quantitative estimate of drug-likeness (QED) is 0.908. The molecule has 1 aliphatic heterocycles. The number of nitrogens with zero attached hydrogens (tertiary/aromatic N) is 3. The average molecular weight is 256 g/mol. The van der Waals surface area contributed by atoms with Crippen LogP contribution in [0.2, 0.25) is 0 Å². The number of benzene rings is 1. The molecule has 2 N–H and O–H groups in total. The second-order valence-electron chi connectivity index (χ2n) is 5.43. The fourth-order valence-corrected chi connectivity index (χ4v) is 2.72. The van der Waals surface area contributed by atoms with E-state index in [-0.39, 0.29) is 6.04 Å². The summed E-state index contributed by atoms with van der Waals surface area (Å²) < 4.78 is 2.21. The van der Waals surface area contributed by atoms with E-state index >= 15 is 0 Å². The lowest BCUT2D eigenvalue weighted by Crippen LogP contribution is -2.32. The molecule has 0 bridgehead atoms. The molecule has 3 rings (SSSR count). The van der Waals surface area contributed by atoms with Crippen LogP contribution in [0, 0.1) is 6.92 Å². The van der Waals surface area contributed by atoms with Crippen molar-refractivity contribution in [3.8, 4) is 0 Å². The van der Waals surface area contributed by atoms with E-state index in [4.69, 9.17) is 5.73 Å². The zero-order valence-corrected chi connectivity index (χ0v) is 11.3. The monoisotopic (exact) mass is 256 g/mol. The third-order valence-corrected chi connectivity index (χ3v) is 3.78. The van der Waals surface area contributed by atoms with Crippen LogP contribution in [0.4, 0.5) is 0 Å². The molecule has 0 aliphatic carbocycles. The van der Waals surface area contributed by atoms with Crippen molar-refractivity contribution in [2.45, 2.75) is 45.2 Å². The summed E-state index contributed by atoms with van der Waals surface area (Å²) in [5, 5.41) is 8.61. The van der Waals surface area contributed by atoms with E-state index < -0.39 is 0 Å². The van der Waals surface area contributed by atoms with Crippen LogP contribution in [0.1, 0.15) is 29.2 Å². The molecular formula is C15H20N4. The second-order valence-corrected chi connectivity index (χ2v) is 5.43. The Labute approximate surface area is 113 Å². The molecule has 2 heterocycles. The predicted molar refractivity (Wildman–Crippen MR) is 74.9 cm³/mol. The molecule has 4 heteroatoms. The normalized spacial score (nSPS) is 18.3. The van der Waals surface area contributed by atoms with Gasteiger partial charge >= 0.3 is 0 Å². The van der Waals surface area contributed by atoms with E-state index in [1.807, 2.05) is 0 Å². The molecule has 1 aromatic heterocycles. The molecule has 0 spiro atoms. The number of nitrogens with two attached hydrogens (primary N) is 1. The number of hydrogen-bond acceptors (Lipinski definition) is 3. The average Bonchev–Trinajstić information content (AvgIpc) is 2.79. The summed E-state index contributed by atoms with van der Waals surface area (Å²) >= 11 is 0. The lowest BCUT2D eigenvalue weighted by Gasteiger charge is -2.20. The van der Waals surface area contributed by atoms with Crippen molar-refractivity contribution in [2.24, 2.45) is 5.73 Å². The summed E-state index contributed by atoms with van der Waals surface area (Å²) in [5.74, 6) is 2.17. The molecule has 0 saturated heterocycles. The largest absolute Gasteiger partial charge is 0.326 e. The predicted octanol–water partition coefficient (Wildman–Crippen LogP) is 1.65. The molecule has 19 heavy (non-hydrogen) atoms. The standard InChI is InChI=1S/C15H20N4/c1-11-3-2-4-12(9-11)5-7-14-17-18-15-8-6-13(16)10-19(14)15/h2-4,9,13H,5-8,10,16H2,1H3. The zero-order valence-electron chi connectivity index (χ0n) is 11.3. The van der Waals surface area contributed by atoms with Gasteiger partial charge in [-0.15, -0.1) is 10.2 Å². The second kappa shape index (κ2) is 5.13. The van der Waals surface area contributed by atoms with E-state index in [1.165, 1.54) is 11.1 Å². The van der Waals surface area contributed by atoms with Gasteiger partial charge in [0.15, 0.2) is 0 Å². The maximum atomic E-state index is 6.03. The van der Waals surface area contributed by atoms with Crippen LogP contribution in [-0.4, -0.2) is 20.8 Å². The van der Waals surface area contributed by atoms with Gasteiger partial charge in [-0.2, -0.15) is 0 Å². The number of hydrogen-bond donors (Lipinski definition) is 1. The van der Waals surface area contributed by atoms with Crippen LogP contribution in [0.3, 0.4) is 0 Å². The third-order valence-electron chi connectivity index (χ3n) is 3.78. The molecule has 1 aliphatic rings. The molecule has 0 radical (unpaired) electrons. The highest BCUT2D eigenvalue weighted by Crippen LogP contribution is 2.15. The van der Waals surface area contributed by atoms with Crippen LogP contribution < -0.4 is 5.73 Å². The SMILES string of the molecule is Cc1cccc(CCc2nnc3n2CC(N)CC3)c1. The minimum absolute atomic E-state index is 0.251. The van der Waals surface area contributed by atoms with E-state index in [9.17, 15) is 0 Å². The molecule has 4 nitrogen and oxygen atoms in total. The third kappa shape index (κ3) is 2.68. The van der Waals surface area contributed by atoms with Gasteiger partial charge in [-0.25, -0.2) is 0 Å². The first kappa shape index (κ1) is 12.4. The number of aryl methyl sites for hydroxylation is 4. The molecule has 100 valence electrons. The van der Waals surface area contributed by atoms with E-state index in [0.29, 0.717) is 0 Å². The number of rotatable bonds is 3. The van der Waals surface area contributed by atoms with Crippen molar-refractivity contribution in [2.75, 3.05) is 0 Å². The van der Waals surface area contributed by atoms with Crippen molar-refractivity contribution in [1.29, 1.82) is 0 Å². The highest BCUT2D eigenvalue weighted by Gasteiger charge is 2.19. The van der Waals surface area contributed by atoms with Crippen molar-refractivity contribution >= 4 is 0 Å². The van der Waals surface area contributed by atoms with Crippen LogP contribution in [0.25, 0.3) is 0 Å². The van der Waals surface area contributed by atoms with Gasteiger partial charge in [0, 0.05) is 25.4 Å². The topological polar surface area (TPSA) is 56.7 Å². The Hall–Kier alpha value is -1.68. The Morgan fingerprint density at radius 3 is 3.05 bits per heavy atom. The van der Waals surface area contributed by atoms with Crippen LogP contribution >= 0.6 is 0 Å². The molecule has 0 saturated carbocycles. The first-order chi connectivity index (χ1) is 9.22. The molecule has 1 unspecified atom stereocenters. The van der Waals surface area contributed by atoms with Gasteiger partial charge in [0.1, 0.15) is 11.6 Å². The smallest absolute Gasteiger partial charge is 0.133 e. The highest BCUT2D eigenvalue weighted by molar-refractivity contribution is 5.22. The number of fused-ring (bicyclic) bond motifs is 1. The van der Waals surface area contributed by atoms with Crippen molar-refractivity contribution in [3.63, 3.8) is 0 Å². The molecular weight excluding hydrogens is 236 g/mol. The lowest BCUT2D eigenvalue weighted by atomic mass is 10.1. The van der Waals surface area contributed by atoms with Gasteiger partial charge in [-0.1, -0.05) is 29.8 Å². The summed E-state index contributed by atoms with van der Waals surface area (Å²) in [6, 6.07) is 8.90. The van der Waals surface area contributed by atoms with E-state index in [0.717, 1.165) is 43.9 Å². The number of aromatic nitrogens is 3. The van der Waals surface area contributed by atoms with Crippen LogP contribution in [0.15, 0.2) is 24.3 Å². The fourth-order valence-electron chi connectivity index (χ4n) is 2.72. The summed E-state index contributed by atoms with van der Waals surface area (Å²) in [4.78, 5) is 0. The minimum atomic E-state index is 0.251.